The number of hydrogen-bond donors (Lipinski definition) is 1. The maximum atomic E-state index is 5.07. The van der Waals surface area contributed by atoms with E-state index in [4.69, 9.17) is 15.0 Å². The maximum Gasteiger partial charge on any atom is 0.139 e. The fourth-order valence-electron chi connectivity index (χ4n) is 4.86. The van der Waals surface area contributed by atoms with Gasteiger partial charge >= 0.3 is 0 Å². The molecule has 0 aliphatic rings. The Labute approximate surface area is 241 Å². The highest BCUT2D eigenvalue weighted by Crippen LogP contribution is 2.36. The average molecular weight is 533 g/mol. The number of aromatic nitrogens is 3. The molecule has 0 unspecified atom stereocenters. The monoisotopic (exact) mass is 532 g/mol. The van der Waals surface area contributed by atoms with E-state index in [0.29, 0.717) is 0 Å². The predicted octanol–water partition coefficient (Wildman–Crippen LogP) is 9.58. The fourth-order valence-corrected chi connectivity index (χ4v) is 4.86. The predicted molar refractivity (Wildman–Crippen MR) is 170 cm³/mol. The molecule has 0 aliphatic heterocycles. The van der Waals surface area contributed by atoms with Gasteiger partial charge < -0.3 is 5.32 Å². The molecule has 0 spiro atoms. The molecule has 0 saturated heterocycles. The third-order valence-electron chi connectivity index (χ3n) is 7.17. The molecule has 4 heteroatoms. The van der Waals surface area contributed by atoms with Crippen LogP contribution in [0.5, 0.6) is 0 Å². The van der Waals surface area contributed by atoms with Crippen LogP contribution in [0.25, 0.3) is 44.9 Å². The van der Waals surface area contributed by atoms with Crippen LogP contribution in [0.4, 0.5) is 11.5 Å². The van der Waals surface area contributed by atoms with E-state index in [1.165, 1.54) is 0 Å². The Morgan fingerprint density at radius 1 is 0.537 bits per heavy atom. The minimum Gasteiger partial charge on any atom is -0.339 e. The molecule has 0 saturated carbocycles. The first-order valence-corrected chi connectivity index (χ1v) is 13.9. The van der Waals surface area contributed by atoms with Crippen LogP contribution in [0.15, 0.2) is 134 Å². The molecular formula is C37H32N4. The standard InChI is InChI=1S/C37H32N4/c1-37(2,3)29-24-31(34-20-12-19-32(40-34)27-15-8-5-9-16-27)36(39-25-29)41-33-18-11-10-17-30(33)35-23-28(21-22-38-35)26-13-6-4-7-14-26/h4-25H,1-3H3,(H,39,41). The Morgan fingerprint density at radius 2 is 1.22 bits per heavy atom. The molecule has 0 fully saturated rings. The van der Waals surface area contributed by atoms with Gasteiger partial charge in [0.1, 0.15) is 5.82 Å². The van der Waals surface area contributed by atoms with E-state index in [-0.39, 0.29) is 5.41 Å². The van der Waals surface area contributed by atoms with E-state index < -0.39 is 0 Å². The lowest BCUT2D eigenvalue weighted by Crippen LogP contribution is -2.12. The number of rotatable bonds is 6. The summed E-state index contributed by atoms with van der Waals surface area (Å²) in [7, 11) is 0. The third kappa shape index (κ3) is 5.78. The summed E-state index contributed by atoms with van der Waals surface area (Å²) in [5.41, 5.74) is 10.0. The SMILES string of the molecule is CC(C)(C)c1cnc(Nc2ccccc2-c2cc(-c3ccccc3)ccn2)c(-c2cccc(-c3ccccc3)n2)c1. The first-order valence-electron chi connectivity index (χ1n) is 13.9. The molecule has 41 heavy (non-hydrogen) atoms. The lowest BCUT2D eigenvalue weighted by atomic mass is 9.87. The highest BCUT2D eigenvalue weighted by molar-refractivity contribution is 5.85. The van der Waals surface area contributed by atoms with Gasteiger partial charge in [0.05, 0.1) is 17.1 Å². The molecule has 4 nitrogen and oxygen atoms in total. The second-order valence-corrected chi connectivity index (χ2v) is 11.1. The topological polar surface area (TPSA) is 50.7 Å². The van der Waals surface area contributed by atoms with E-state index in [0.717, 1.165) is 62.0 Å². The molecule has 3 aromatic heterocycles. The molecule has 1 N–H and O–H groups in total. The lowest BCUT2D eigenvalue weighted by molar-refractivity contribution is 0.588. The van der Waals surface area contributed by atoms with Crippen molar-refractivity contribution in [3.05, 3.63) is 139 Å². The quantitative estimate of drug-likeness (QED) is 0.232. The highest BCUT2D eigenvalue weighted by atomic mass is 15.0. The van der Waals surface area contributed by atoms with Crippen molar-refractivity contribution in [1.29, 1.82) is 0 Å². The van der Waals surface area contributed by atoms with Crippen LogP contribution >= 0.6 is 0 Å². The summed E-state index contributed by atoms with van der Waals surface area (Å²) < 4.78 is 0. The van der Waals surface area contributed by atoms with Crippen LogP contribution in [0.3, 0.4) is 0 Å². The second kappa shape index (κ2) is 11.2. The van der Waals surface area contributed by atoms with Crippen LogP contribution in [0, 0.1) is 0 Å². The number of nitrogens with one attached hydrogen (secondary N) is 1. The third-order valence-corrected chi connectivity index (χ3v) is 7.17. The molecule has 0 bridgehead atoms. The van der Waals surface area contributed by atoms with Crippen molar-refractivity contribution in [2.24, 2.45) is 0 Å². The maximum absolute atomic E-state index is 5.07. The Kier molecular flexibility index (Phi) is 7.13. The zero-order valence-electron chi connectivity index (χ0n) is 23.5. The molecule has 0 atom stereocenters. The summed E-state index contributed by atoms with van der Waals surface area (Å²) in [6, 6.07) is 41.4. The number of pyridine rings is 3. The van der Waals surface area contributed by atoms with Crippen molar-refractivity contribution < 1.29 is 0 Å². The van der Waals surface area contributed by atoms with Gasteiger partial charge in [0, 0.05) is 34.8 Å². The van der Waals surface area contributed by atoms with E-state index in [9.17, 15) is 0 Å². The number of anilines is 2. The lowest BCUT2D eigenvalue weighted by Gasteiger charge is -2.21. The molecule has 6 rings (SSSR count). The molecular weight excluding hydrogens is 500 g/mol. The largest absolute Gasteiger partial charge is 0.339 e. The van der Waals surface area contributed by atoms with Crippen molar-refractivity contribution in [1.82, 2.24) is 15.0 Å². The molecule has 3 heterocycles. The molecule has 200 valence electrons. The van der Waals surface area contributed by atoms with Gasteiger partial charge in [-0.05, 0) is 58.5 Å². The number of nitrogens with zero attached hydrogens (tertiary/aromatic N) is 3. The fraction of sp³-hybridized carbons (Fsp3) is 0.108. The average Bonchev–Trinajstić information content (AvgIpc) is 3.02. The zero-order valence-corrected chi connectivity index (χ0v) is 23.5. The number of hydrogen-bond acceptors (Lipinski definition) is 4. The first kappa shape index (κ1) is 26.1. The van der Waals surface area contributed by atoms with Gasteiger partial charge in [-0.15, -0.1) is 0 Å². The molecule has 0 aliphatic carbocycles. The Bertz CT molecular complexity index is 1790. The molecule has 0 radical (unpaired) electrons. The zero-order chi connectivity index (χ0) is 28.2. The van der Waals surface area contributed by atoms with Crippen LogP contribution in [0.1, 0.15) is 26.3 Å². The van der Waals surface area contributed by atoms with Gasteiger partial charge in [-0.1, -0.05) is 106 Å². The first-order chi connectivity index (χ1) is 20.0. The summed E-state index contributed by atoms with van der Waals surface area (Å²) in [5, 5.41) is 3.64. The van der Waals surface area contributed by atoms with Crippen molar-refractivity contribution >= 4 is 11.5 Å². The van der Waals surface area contributed by atoms with Gasteiger partial charge in [0.15, 0.2) is 0 Å². The Morgan fingerprint density at radius 3 is 1.98 bits per heavy atom. The van der Waals surface area contributed by atoms with Crippen LogP contribution in [-0.4, -0.2) is 15.0 Å². The summed E-state index contributed by atoms with van der Waals surface area (Å²) in [6.45, 7) is 6.61. The summed E-state index contributed by atoms with van der Waals surface area (Å²) in [6.07, 6.45) is 3.83. The molecule has 0 amide bonds. The minimum absolute atomic E-state index is 0.0585. The Hall–Kier alpha value is -5.09. The van der Waals surface area contributed by atoms with Crippen molar-refractivity contribution in [2.45, 2.75) is 26.2 Å². The van der Waals surface area contributed by atoms with E-state index in [1.807, 2.05) is 60.9 Å². The van der Waals surface area contributed by atoms with Gasteiger partial charge in [-0.2, -0.15) is 0 Å². The van der Waals surface area contributed by atoms with E-state index in [1.54, 1.807) is 0 Å². The van der Waals surface area contributed by atoms with Crippen molar-refractivity contribution in [3.63, 3.8) is 0 Å². The Balaban J connectivity index is 1.43. The molecule has 6 aromatic rings. The van der Waals surface area contributed by atoms with Gasteiger partial charge in [0.25, 0.3) is 0 Å². The van der Waals surface area contributed by atoms with Crippen LogP contribution < -0.4 is 5.32 Å². The number of benzene rings is 3. The molecule has 3 aromatic carbocycles. The summed E-state index contributed by atoms with van der Waals surface area (Å²) in [5.74, 6) is 0.752. The van der Waals surface area contributed by atoms with Crippen molar-refractivity contribution in [3.8, 4) is 44.9 Å². The van der Waals surface area contributed by atoms with E-state index in [2.05, 4.69) is 98.9 Å². The number of para-hydroxylation sites is 1. The smallest absolute Gasteiger partial charge is 0.139 e. The van der Waals surface area contributed by atoms with Gasteiger partial charge in [-0.25, -0.2) is 9.97 Å². The second-order valence-electron chi connectivity index (χ2n) is 11.1. The highest BCUT2D eigenvalue weighted by Gasteiger charge is 2.19. The van der Waals surface area contributed by atoms with Crippen LogP contribution in [-0.2, 0) is 5.41 Å². The van der Waals surface area contributed by atoms with E-state index >= 15 is 0 Å². The van der Waals surface area contributed by atoms with Gasteiger partial charge in [0.2, 0.25) is 0 Å². The van der Waals surface area contributed by atoms with Crippen LogP contribution in [0.2, 0.25) is 0 Å². The minimum atomic E-state index is -0.0585. The summed E-state index contributed by atoms with van der Waals surface area (Å²) in [4.78, 5) is 14.8. The van der Waals surface area contributed by atoms with Gasteiger partial charge in [-0.3, -0.25) is 4.98 Å². The summed E-state index contributed by atoms with van der Waals surface area (Å²) >= 11 is 0. The van der Waals surface area contributed by atoms with Crippen molar-refractivity contribution in [2.75, 3.05) is 5.32 Å². The normalized spacial score (nSPS) is 11.3.